The molecule has 1 aromatic carbocycles. The molecular formula is C22H28N4O4S. The second kappa shape index (κ2) is 11.5. The summed E-state index contributed by atoms with van der Waals surface area (Å²) in [6.07, 6.45) is 2.25. The highest BCUT2D eigenvalue weighted by Crippen LogP contribution is 2.12. The van der Waals surface area contributed by atoms with Crippen molar-refractivity contribution in [1.29, 1.82) is 0 Å². The summed E-state index contributed by atoms with van der Waals surface area (Å²) in [4.78, 5) is 40.3. The highest BCUT2D eigenvalue weighted by molar-refractivity contribution is 8.00. The lowest BCUT2D eigenvalue weighted by Crippen LogP contribution is -2.51. The summed E-state index contributed by atoms with van der Waals surface area (Å²) < 4.78 is 4.89. The van der Waals surface area contributed by atoms with Crippen LogP contribution in [0.2, 0.25) is 0 Å². The van der Waals surface area contributed by atoms with Gasteiger partial charge in [-0.1, -0.05) is 35.5 Å². The van der Waals surface area contributed by atoms with Crippen LogP contribution in [0.15, 0.2) is 40.9 Å². The Kier molecular flexibility index (Phi) is 8.52. The van der Waals surface area contributed by atoms with Crippen LogP contribution in [0, 0.1) is 6.92 Å². The van der Waals surface area contributed by atoms with Crippen molar-refractivity contribution in [3.63, 3.8) is 0 Å². The van der Waals surface area contributed by atoms with E-state index in [2.05, 4.69) is 22.6 Å². The maximum absolute atomic E-state index is 12.4. The lowest BCUT2D eigenvalue weighted by molar-refractivity contribution is -0.138. The first-order valence-electron chi connectivity index (χ1n) is 10.4. The molecule has 0 aliphatic carbocycles. The molecule has 0 unspecified atom stereocenters. The second-order valence-corrected chi connectivity index (χ2v) is 8.45. The fourth-order valence-corrected chi connectivity index (χ4v) is 4.10. The molecule has 1 saturated heterocycles. The summed E-state index contributed by atoms with van der Waals surface area (Å²) >= 11 is 1.26. The minimum Gasteiger partial charge on any atom is -0.360 e. The van der Waals surface area contributed by atoms with Crippen molar-refractivity contribution in [3.05, 3.63) is 47.7 Å². The van der Waals surface area contributed by atoms with Crippen LogP contribution in [-0.4, -0.2) is 70.4 Å². The minimum atomic E-state index is -0.225. The van der Waals surface area contributed by atoms with Crippen molar-refractivity contribution in [2.24, 2.45) is 0 Å². The van der Waals surface area contributed by atoms with Crippen LogP contribution in [0.3, 0.4) is 0 Å². The van der Waals surface area contributed by atoms with Gasteiger partial charge in [-0.2, -0.15) is 0 Å². The van der Waals surface area contributed by atoms with E-state index in [-0.39, 0.29) is 29.2 Å². The lowest BCUT2D eigenvalue weighted by Gasteiger charge is -2.34. The van der Waals surface area contributed by atoms with Gasteiger partial charge in [-0.05, 0) is 25.3 Å². The van der Waals surface area contributed by atoms with Gasteiger partial charge in [0.1, 0.15) is 5.76 Å². The summed E-state index contributed by atoms with van der Waals surface area (Å²) in [7, 11) is 0. The van der Waals surface area contributed by atoms with Crippen molar-refractivity contribution in [3.8, 4) is 0 Å². The fraction of sp³-hybridized carbons (Fsp3) is 0.455. The summed E-state index contributed by atoms with van der Waals surface area (Å²) in [5.74, 6) is 1.31. The first kappa shape index (κ1) is 22.9. The molecule has 31 heavy (non-hydrogen) atoms. The molecule has 1 aliphatic rings. The van der Waals surface area contributed by atoms with E-state index in [1.54, 1.807) is 17.9 Å². The molecule has 0 spiro atoms. The van der Waals surface area contributed by atoms with E-state index in [1.165, 1.54) is 17.3 Å². The number of carbonyl (C=O) groups is 3. The molecule has 0 bridgehead atoms. The van der Waals surface area contributed by atoms with Gasteiger partial charge in [0, 0.05) is 38.7 Å². The number of carbonyl (C=O) groups excluding carboxylic acids is 3. The monoisotopic (exact) mass is 444 g/mol. The number of nitrogens with zero attached hydrogens (tertiary/aromatic N) is 3. The van der Waals surface area contributed by atoms with Gasteiger partial charge in [0.2, 0.25) is 17.7 Å². The number of thioether (sulfide) groups is 1. The van der Waals surface area contributed by atoms with Gasteiger partial charge in [-0.15, -0.1) is 11.8 Å². The molecule has 8 nitrogen and oxygen atoms in total. The number of hydrogen-bond donors (Lipinski definition) is 1. The summed E-state index contributed by atoms with van der Waals surface area (Å²) in [5.41, 5.74) is 1.24. The van der Waals surface area contributed by atoms with E-state index in [0.29, 0.717) is 44.2 Å². The van der Waals surface area contributed by atoms with Crippen LogP contribution in [0.25, 0.3) is 0 Å². The summed E-state index contributed by atoms with van der Waals surface area (Å²) in [6, 6.07) is 11.8. The number of rotatable bonds is 9. The third-order valence-electron chi connectivity index (χ3n) is 5.04. The maximum Gasteiger partial charge on any atom is 0.235 e. The van der Waals surface area contributed by atoms with Crippen molar-refractivity contribution < 1.29 is 18.9 Å². The van der Waals surface area contributed by atoms with Gasteiger partial charge in [-0.3, -0.25) is 14.4 Å². The van der Waals surface area contributed by atoms with E-state index in [9.17, 15) is 14.4 Å². The van der Waals surface area contributed by atoms with E-state index in [4.69, 9.17) is 4.52 Å². The predicted molar refractivity (Wildman–Crippen MR) is 120 cm³/mol. The van der Waals surface area contributed by atoms with E-state index >= 15 is 0 Å². The number of amides is 3. The molecule has 1 fully saturated rings. The van der Waals surface area contributed by atoms with Crippen molar-refractivity contribution in [2.75, 3.05) is 43.0 Å². The topological polar surface area (TPSA) is 95.8 Å². The summed E-state index contributed by atoms with van der Waals surface area (Å²) in [6.45, 7) is 3.94. The molecule has 0 saturated carbocycles. The van der Waals surface area contributed by atoms with Crippen LogP contribution in [-0.2, 0) is 20.8 Å². The van der Waals surface area contributed by atoms with E-state index in [1.807, 2.05) is 23.1 Å². The smallest absolute Gasteiger partial charge is 0.235 e. The average molecular weight is 445 g/mol. The molecule has 9 heteroatoms. The van der Waals surface area contributed by atoms with Crippen LogP contribution in [0.1, 0.15) is 24.2 Å². The molecule has 1 aromatic heterocycles. The summed E-state index contributed by atoms with van der Waals surface area (Å²) in [5, 5.41) is 6.33. The highest BCUT2D eigenvalue weighted by Gasteiger charge is 2.23. The van der Waals surface area contributed by atoms with Gasteiger partial charge in [0.25, 0.3) is 0 Å². The third kappa shape index (κ3) is 7.43. The molecule has 2 aromatic rings. The quantitative estimate of drug-likeness (QED) is 0.638. The number of piperazine rings is 1. The molecule has 3 rings (SSSR count). The van der Waals surface area contributed by atoms with Gasteiger partial charge in [-0.25, -0.2) is 0 Å². The average Bonchev–Trinajstić information content (AvgIpc) is 3.18. The zero-order valence-corrected chi connectivity index (χ0v) is 18.5. The van der Waals surface area contributed by atoms with Crippen LogP contribution < -0.4 is 5.32 Å². The maximum atomic E-state index is 12.4. The number of anilines is 1. The third-order valence-corrected chi connectivity index (χ3v) is 5.96. The van der Waals surface area contributed by atoms with Crippen molar-refractivity contribution in [2.45, 2.75) is 26.2 Å². The first-order valence-corrected chi connectivity index (χ1v) is 11.6. The zero-order valence-electron chi connectivity index (χ0n) is 17.7. The Morgan fingerprint density at radius 2 is 1.71 bits per heavy atom. The molecule has 0 radical (unpaired) electrons. The molecular weight excluding hydrogens is 416 g/mol. The highest BCUT2D eigenvalue weighted by atomic mass is 32.2. The Morgan fingerprint density at radius 1 is 1.03 bits per heavy atom. The molecule has 1 aliphatic heterocycles. The fourth-order valence-electron chi connectivity index (χ4n) is 3.38. The molecule has 3 amide bonds. The Labute approximate surface area is 186 Å². The van der Waals surface area contributed by atoms with Crippen LogP contribution in [0.5, 0.6) is 0 Å². The number of hydrogen-bond acceptors (Lipinski definition) is 6. The zero-order chi connectivity index (χ0) is 22.1. The van der Waals surface area contributed by atoms with Gasteiger partial charge >= 0.3 is 0 Å². The minimum absolute atomic E-state index is 0.00810. The second-order valence-electron chi connectivity index (χ2n) is 7.46. The molecule has 166 valence electrons. The van der Waals surface area contributed by atoms with Crippen molar-refractivity contribution >= 4 is 35.3 Å². The number of benzene rings is 1. The largest absolute Gasteiger partial charge is 0.360 e. The first-order chi connectivity index (χ1) is 15.0. The Balaban J connectivity index is 1.29. The number of aromatic nitrogens is 1. The molecule has 2 heterocycles. The van der Waals surface area contributed by atoms with Crippen LogP contribution in [0.4, 0.5) is 5.82 Å². The normalized spacial score (nSPS) is 13.8. The Hall–Kier alpha value is -2.81. The molecule has 0 atom stereocenters. The predicted octanol–water partition coefficient (Wildman–Crippen LogP) is 2.35. The van der Waals surface area contributed by atoms with Crippen molar-refractivity contribution in [1.82, 2.24) is 15.0 Å². The standard InChI is InChI=1S/C22H28N4O4S/c1-17-14-19(24-30-17)23-20(27)15-31-16-22(29)26-12-10-25(11-13-26)21(28)9-5-8-18-6-3-2-4-7-18/h2-4,6-7,14H,5,8-13,15-16H2,1H3,(H,23,24,27). The Morgan fingerprint density at radius 3 is 2.35 bits per heavy atom. The van der Waals surface area contributed by atoms with E-state index < -0.39 is 0 Å². The van der Waals surface area contributed by atoms with Gasteiger partial charge in [0.15, 0.2) is 5.82 Å². The lowest BCUT2D eigenvalue weighted by atomic mass is 10.1. The number of aryl methyl sites for hydroxylation is 2. The van der Waals surface area contributed by atoms with Gasteiger partial charge in [0.05, 0.1) is 11.5 Å². The van der Waals surface area contributed by atoms with Crippen LogP contribution >= 0.6 is 11.8 Å². The number of nitrogens with one attached hydrogen (secondary N) is 1. The Bertz CT molecular complexity index is 879. The molecule has 1 N–H and O–H groups in total. The van der Waals surface area contributed by atoms with E-state index in [0.717, 1.165) is 12.8 Å². The van der Waals surface area contributed by atoms with Gasteiger partial charge < -0.3 is 19.6 Å². The SMILES string of the molecule is Cc1cc(NC(=O)CSCC(=O)N2CCN(C(=O)CCCc3ccccc3)CC2)no1.